The molecule has 2 heterocycles. The Morgan fingerprint density at radius 3 is 2.50 bits per heavy atom. The van der Waals surface area contributed by atoms with E-state index in [1.54, 1.807) is 18.2 Å². The smallest absolute Gasteiger partial charge is 0.235 e. The second kappa shape index (κ2) is 8.24. The summed E-state index contributed by atoms with van der Waals surface area (Å²) in [6.45, 7) is 8.87. The molecule has 30 heavy (non-hydrogen) atoms. The number of ether oxygens (including phenoxy) is 1. The molecule has 2 aromatic heterocycles. The molecule has 0 amide bonds. The monoisotopic (exact) mass is 407 g/mol. The maximum atomic E-state index is 12.8. The Labute approximate surface area is 174 Å². The van der Waals surface area contributed by atoms with Crippen LogP contribution in [0, 0.1) is 0 Å². The van der Waals surface area contributed by atoms with Gasteiger partial charge in [-0.25, -0.2) is 0 Å². The van der Waals surface area contributed by atoms with Crippen LogP contribution in [-0.4, -0.2) is 24.8 Å². The topological polar surface area (TPSA) is 76.1 Å². The van der Waals surface area contributed by atoms with E-state index in [4.69, 9.17) is 13.6 Å². The number of furan rings is 1. The van der Waals surface area contributed by atoms with Crippen LogP contribution in [0.2, 0.25) is 0 Å². The number of nitrogens with zero attached hydrogens (tertiary/aromatic N) is 1. The van der Waals surface area contributed by atoms with Crippen LogP contribution in [-0.2, 0) is 11.3 Å². The van der Waals surface area contributed by atoms with Gasteiger partial charge in [-0.15, -0.1) is 0 Å². The quantitative estimate of drug-likeness (QED) is 0.448. The molecular weight excluding hydrogens is 382 g/mol. The normalized spacial score (nSPS) is 11.4. The number of benzene rings is 2. The predicted octanol–water partition coefficient (Wildman–Crippen LogP) is 5.29. The summed E-state index contributed by atoms with van der Waals surface area (Å²) in [5.41, 5.74) is 2.46. The number of hydrogen-bond donors (Lipinski definition) is 1. The minimum absolute atomic E-state index is 0.0330. The third-order valence-electron chi connectivity index (χ3n) is 5.26. The van der Waals surface area contributed by atoms with Gasteiger partial charge in [0.05, 0.1) is 12.0 Å². The van der Waals surface area contributed by atoms with Gasteiger partial charge in [0.1, 0.15) is 11.2 Å². The Hall–Kier alpha value is -3.25. The standard InChI is InChI=1S/C24H25NO5/c1-4-25(5-2)17-9-8-16-12-21(29-20(16)13-17)24-23(27)22(26)18-11-15(14-28-6-3)7-10-19(18)30-24/h7-13,27H,4-6,14H2,1-3H3. The summed E-state index contributed by atoms with van der Waals surface area (Å²) in [5, 5.41) is 11.7. The van der Waals surface area contributed by atoms with Crippen LogP contribution in [0.1, 0.15) is 26.3 Å². The van der Waals surface area contributed by atoms with Crippen molar-refractivity contribution < 1.29 is 18.7 Å². The van der Waals surface area contributed by atoms with Crippen LogP contribution in [0.25, 0.3) is 33.5 Å². The van der Waals surface area contributed by atoms with Gasteiger partial charge in [-0.3, -0.25) is 4.79 Å². The third kappa shape index (κ3) is 3.55. The number of fused-ring (bicyclic) bond motifs is 2. The molecule has 6 nitrogen and oxygen atoms in total. The van der Waals surface area contributed by atoms with Crippen molar-refractivity contribution in [2.45, 2.75) is 27.4 Å². The largest absolute Gasteiger partial charge is 0.501 e. The molecule has 0 spiro atoms. The maximum absolute atomic E-state index is 12.8. The minimum atomic E-state index is -0.492. The molecule has 156 valence electrons. The second-order valence-corrected chi connectivity index (χ2v) is 7.08. The van der Waals surface area contributed by atoms with Crippen LogP contribution in [0.15, 0.2) is 56.1 Å². The molecule has 4 rings (SSSR count). The molecule has 0 atom stereocenters. The van der Waals surface area contributed by atoms with Crippen molar-refractivity contribution in [3.63, 3.8) is 0 Å². The van der Waals surface area contributed by atoms with Crippen molar-refractivity contribution in [1.29, 1.82) is 0 Å². The van der Waals surface area contributed by atoms with E-state index in [0.717, 1.165) is 29.7 Å². The molecule has 2 aromatic carbocycles. The van der Waals surface area contributed by atoms with Gasteiger partial charge in [0, 0.05) is 36.8 Å². The zero-order valence-electron chi connectivity index (χ0n) is 17.4. The highest BCUT2D eigenvalue weighted by Crippen LogP contribution is 2.35. The Bertz CT molecular complexity index is 1250. The van der Waals surface area contributed by atoms with E-state index >= 15 is 0 Å². The van der Waals surface area contributed by atoms with Crippen LogP contribution in [0.5, 0.6) is 5.75 Å². The summed E-state index contributed by atoms with van der Waals surface area (Å²) >= 11 is 0. The van der Waals surface area contributed by atoms with Crippen LogP contribution >= 0.6 is 0 Å². The van der Waals surface area contributed by atoms with Crippen LogP contribution in [0.3, 0.4) is 0 Å². The zero-order valence-corrected chi connectivity index (χ0v) is 17.4. The summed E-state index contributed by atoms with van der Waals surface area (Å²) in [5.74, 6) is -0.110. The molecular formula is C24H25NO5. The Morgan fingerprint density at radius 2 is 1.77 bits per heavy atom. The van der Waals surface area contributed by atoms with Crippen molar-refractivity contribution in [2.24, 2.45) is 0 Å². The molecule has 6 heteroatoms. The minimum Gasteiger partial charge on any atom is -0.501 e. The van der Waals surface area contributed by atoms with E-state index in [-0.39, 0.29) is 5.76 Å². The first-order chi connectivity index (χ1) is 14.5. The lowest BCUT2D eigenvalue weighted by Gasteiger charge is -2.20. The number of anilines is 1. The third-order valence-corrected chi connectivity index (χ3v) is 5.26. The molecule has 0 radical (unpaired) electrons. The molecule has 0 aliphatic rings. The second-order valence-electron chi connectivity index (χ2n) is 7.08. The fraction of sp³-hybridized carbons (Fsp3) is 0.292. The van der Waals surface area contributed by atoms with Gasteiger partial charge in [0.25, 0.3) is 0 Å². The van der Waals surface area contributed by atoms with Gasteiger partial charge in [0.2, 0.25) is 16.9 Å². The van der Waals surface area contributed by atoms with Crippen molar-refractivity contribution in [2.75, 3.05) is 24.6 Å². The lowest BCUT2D eigenvalue weighted by molar-refractivity contribution is 0.134. The highest BCUT2D eigenvalue weighted by Gasteiger charge is 2.19. The maximum Gasteiger partial charge on any atom is 0.235 e. The number of hydrogen-bond acceptors (Lipinski definition) is 6. The van der Waals surface area contributed by atoms with Gasteiger partial charge >= 0.3 is 0 Å². The van der Waals surface area contributed by atoms with Gasteiger partial charge in [0.15, 0.2) is 5.76 Å². The number of aromatic hydroxyl groups is 1. The molecule has 0 saturated carbocycles. The van der Waals surface area contributed by atoms with Crippen LogP contribution in [0.4, 0.5) is 5.69 Å². The first-order valence-corrected chi connectivity index (χ1v) is 10.2. The first kappa shape index (κ1) is 20.0. The Kier molecular flexibility index (Phi) is 5.50. The summed E-state index contributed by atoms with van der Waals surface area (Å²) in [7, 11) is 0. The van der Waals surface area contributed by atoms with Gasteiger partial charge in [-0.2, -0.15) is 0 Å². The summed E-state index contributed by atoms with van der Waals surface area (Å²) in [4.78, 5) is 15.0. The van der Waals surface area contributed by atoms with Crippen molar-refractivity contribution in [3.8, 4) is 17.3 Å². The fourth-order valence-corrected chi connectivity index (χ4v) is 3.63. The van der Waals surface area contributed by atoms with Gasteiger partial charge < -0.3 is 23.6 Å². The number of rotatable bonds is 7. The Morgan fingerprint density at radius 1 is 0.967 bits per heavy atom. The van der Waals surface area contributed by atoms with Crippen LogP contribution < -0.4 is 10.3 Å². The predicted molar refractivity (Wildman–Crippen MR) is 118 cm³/mol. The molecule has 4 aromatic rings. The van der Waals surface area contributed by atoms with E-state index in [1.165, 1.54) is 0 Å². The summed E-state index contributed by atoms with van der Waals surface area (Å²) in [6, 6.07) is 13.0. The molecule has 0 bridgehead atoms. The van der Waals surface area contributed by atoms with E-state index in [9.17, 15) is 9.90 Å². The van der Waals surface area contributed by atoms with Crippen molar-refractivity contribution in [3.05, 3.63) is 58.3 Å². The first-order valence-electron chi connectivity index (χ1n) is 10.2. The summed E-state index contributed by atoms with van der Waals surface area (Å²) in [6.07, 6.45) is 0. The zero-order chi connectivity index (χ0) is 21.3. The van der Waals surface area contributed by atoms with E-state index in [2.05, 4.69) is 18.7 Å². The highest BCUT2D eigenvalue weighted by atomic mass is 16.5. The van der Waals surface area contributed by atoms with E-state index in [0.29, 0.717) is 35.5 Å². The molecule has 0 saturated heterocycles. The molecule has 0 unspecified atom stereocenters. The lowest BCUT2D eigenvalue weighted by atomic mass is 10.1. The van der Waals surface area contributed by atoms with E-state index < -0.39 is 11.2 Å². The van der Waals surface area contributed by atoms with E-state index in [1.807, 2.05) is 31.2 Å². The fourth-order valence-electron chi connectivity index (χ4n) is 3.63. The highest BCUT2D eigenvalue weighted by molar-refractivity contribution is 5.87. The van der Waals surface area contributed by atoms with Gasteiger partial charge in [-0.05, 0) is 56.7 Å². The average Bonchev–Trinajstić information content (AvgIpc) is 3.19. The molecule has 0 aliphatic carbocycles. The SMILES string of the molecule is CCOCc1ccc2oc(-c3cc4ccc(N(CC)CC)cc4o3)c(O)c(=O)c2c1. The van der Waals surface area contributed by atoms with Gasteiger partial charge in [-0.1, -0.05) is 6.07 Å². The van der Waals surface area contributed by atoms with Crippen molar-refractivity contribution in [1.82, 2.24) is 0 Å². The molecule has 1 N–H and O–H groups in total. The average molecular weight is 407 g/mol. The lowest BCUT2D eigenvalue weighted by Crippen LogP contribution is -2.21. The van der Waals surface area contributed by atoms with Crippen molar-refractivity contribution >= 4 is 27.6 Å². The molecule has 0 fully saturated rings. The Balaban J connectivity index is 1.79. The molecule has 0 aliphatic heterocycles. The summed E-state index contributed by atoms with van der Waals surface area (Å²) < 4.78 is 17.2.